The van der Waals surface area contributed by atoms with Crippen molar-refractivity contribution in [2.45, 2.75) is 39.3 Å². The number of aliphatic hydroxyl groups excluding tert-OH is 1. The lowest BCUT2D eigenvalue weighted by atomic mass is 10.1. The van der Waals surface area contributed by atoms with Crippen LogP contribution in [0.1, 0.15) is 37.0 Å². The molecule has 0 aromatic carbocycles. The summed E-state index contributed by atoms with van der Waals surface area (Å²) in [5.74, 6) is 0.482. The summed E-state index contributed by atoms with van der Waals surface area (Å²) in [7, 11) is 1.55. The predicted octanol–water partition coefficient (Wildman–Crippen LogP) is 2.80. The Morgan fingerprint density at radius 1 is 1.38 bits per heavy atom. The summed E-state index contributed by atoms with van der Waals surface area (Å²) in [6.07, 6.45) is 0.399. The lowest BCUT2D eigenvalue weighted by Gasteiger charge is -2.12. The standard InChI is InChI=1S/C15H20ClN3O2/c1-4-10-15(16)12(19(5-2)18-10)9-13(20)11-7-6-8-14(17-11)21-3/h6-8,13,20H,4-5,9H2,1-3H3. The second kappa shape index (κ2) is 6.91. The molecule has 0 bridgehead atoms. The summed E-state index contributed by atoms with van der Waals surface area (Å²) in [6, 6.07) is 5.32. The molecule has 114 valence electrons. The van der Waals surface area contributed by atoms with Crippen molar-refractivity contribution >= 4 is 11.6 Å². The first-order chi connectivity index (χ1) is 10.1. The number of methoxy groups -OCH3 is 1. The maximum Gasteiger partial charge on any atom is 0.213 e. The fourth-order valence-corrected chi connectivity index (χ4v) is 2.58. The first-order valence-corrected chi connectivity index (χ1v) is 7.41. The zero-order chi connectivity index (χ0) is 15.4. The summed E-state index contributed by atoms with van der Waals surface area (Å²) in [5.41, 5.74) is 2.26. The van der Waals surface area contributed by atoms with Gasteiger partial charge in [-0.1, -0.05) is 24.6 Å². The fourth-order valence-electron chi connectivity index (χ4n) is 2.23. The molecule has 0 aliphatic heterocycles. The molecule has 21 heavy (non-hydrogen) atoms. The van der Waals surface area contributed by atoms with E-state index < -0.39 is 6.10 Å². The van der Waals surface area contributed by atoms with Crippen molar-refractivity contribution in [2.75, 3.05) is 7.11 Å². The Hall–Kier alpha value is -1.59. The van der Waals surface area contributed by atoms with Gasteiger partial charge in [-0.05, 0) is 19.4 Å². The van der Waals surface area contributed by atoms with E-state index in [0.29, 0.717) is 29.6 Å². The molecule has 2 aromatic rings. The number of halogens is 1. The van der Waals surface area contributed by atoms with Crippen molar-refractivity contribution in [1.82, 2.24) is 14.8 Å². The molecule has 1 atom stereocenters. The van der Waals surface area contributed by atoms with Crippen LogP contribution in [0.3, 0.4) is 0 Å². The van der Waals surface area contributed by atoms with Gasteiger partial charge in [0, 0.05) is 19.0 Å². The fraction of sp³-hybridized carbons (Fsp3) is 0.467. The Balaban J connectivity index is 2.26. The zero-order valence-corrected chi connectivity index (χ0v) is 13.3. The van der Waals surface area contributed by atoms with Crippen molar-refractivity contribution in [3.8, 4) is 5.88 Å². The molecule has 2 rings (SSSR count). The van der Waals surface area contributed by atoms with Gasteiger partial charge in [0.15, 0.2) is 0 Å². The third-order valence-corrected chi connectivity index (χ3v) is 3.81. The first-order valence-electron chi connectivity index (χ1n) is 7.03. The van der Waals surface area contributed by atoms with Gasteiger partial charge in [0.2, 0.25) is 5.88 Å². The number of aromatic nitrogens is 3. The highest BCUT2D eigenvalue weighted by molar-refractivity contribution is 6.31. The quantitative estimate of drug-likeness (QED) is 0.891. The summed E-state index contributed by atoms with van der Waals surface area (Å²) in [6.45, 7) is 4.73. The van der Waals surface area contributed by atoms with E-state index in [-0.39, 0.29) is 0 Å². The molecule has 2 heterocycles. The molecular formula is C15H20ClN3O2. The van der Waals surface area contributed by atoms with E-state index in [1.165, 1.54) is 0 Å². The molecular weight excluding hydrogens is 290 g/mol. The number of aryl methyl sites for hydroxylation is 2. The van der Waals surface area contributed by atoms with Crippen LogP contribution >= 0.6 is 11.6 Å². The van der Waals surface area contributed by atoms with Gasteiger partial charge in [-0.25, -0.2) is 4.98 Å². The van der Waals surface area contributed by atoms with Gasteiger partial charge in [-0.15, -0.1) is 0 Å². The molecule has 0 aliphatic carbocycles. The van der Waals surface area contributed by atoms with Crippen LogP contribution in [0.15, 0.2) is 18.2 Å². The average molecular weight is 310 g/mol. The van der Waals surface area contributed by atoms with Gasteiger partial charge >= 0.3 is 0 Å². The normalized spacial score (nSPS) is 12.4. The topological polar surface area (TPSA) is 60.2 Å². The Bertz CT molecular complexity index is 613. The third-order valence-electron chi connectivity index (χ3n) is 3.38. The van der Waals surface area contributed by atoms with Crippen molar-refractivity contribution in [2.24, 2.45) is 0 Å². The largest absolute Gasteiger partial charge is 0.481 e. The Labute approximate surface area is 129 Å². The first kappa shape index (κ1) is 15.8. The molecule has 2 aromatic heterocycles. The number of rotatable bonds is 6. The second-order valence-corrected chi connectivity index (χ2v) is 5.08. The minimum atomic E-state index is -0.746. The van der Waals surface area contributed by atoms with Crippen LogP contribution in [0.2, 0.25) is 5.02 Å². The van der Waals surface area contributed by atoms with Crippen LogP contribution in [0.4, 0.5) is 0 Å². The molecule has 0 fully saturated rings. The van der Waals surface area contributed by atoms with E-state index in [1.807, 2.05) is 18.5 Å². The Kier molecular flexibility index (Phi) is 5.20. The number of pyridine rings is 1. The maximum atomic E-state index is 10.4. The molecule has 0 saturated heterocycles. The van der Waals surface area contributed by atoms with E-state index in [9.17, 15) is 5.11 Å². The summed E-state index contributed by atoms with van der Waals surface area (Å²) in [4.78, 5) is 4.25. The molecule has 6 heteroatoms. The van der Waals surface area contributed by atoms with Gasteiger partial charge in [-0.2, -0.15) is 5.10 Å². The lowest BCUT2D eigenvalue weighted by molar-refractivity contribution is 0.169. The molecule has 0 amide bonds. The van der Waals surface area contributed by atoms with Gasteiger partial charge in [-0.3, -0.25) is 4.68 Å². The van der Waals surface area contributed by atoms with Crippen molar-refractivity contribution in [3.63, 3.8) is 0 Å². The number of nitrogens with zero attached hydrogens (tertiary/aromatic N) is 3. The molecule has 5 nitrogen and oxygen atoms in total. The second-order valence-electron chi connectivity index (χ2n) is 4.70. The van der Waals surface area contributed by atoms with E-state index in [0.717, 1.165) is 17.8 Å². The zero-order valence-electron chi connectivity index (χ0n) is 12.5. The molecule has 1 N–H and O–H groups in total. The maximum absolute atomic E-state index is 10.4. The van der Waals surface area contributed by atoms with Crippen molar-refractivity contribution < 1.29 is 9.84 Å². The van der Waals surface area contributed by atoms with Crippen LogP contribution < -0.4 is 4.74 Å². The summed E-state index contributed by atoms with van der Waals surface area (Å²) in [5, 5.41) is 15.5. The molecule has 0 saturated carbocycles. The van der Waals surface area contributed by atoms with Crippen LogP contribution in [0.25, 0.3) is 0 Å². The van der Waals surface area contributed by atoms with Gasteiger partial charge in [0.1, 0.15) is 6.10 Å². The highest BCUT2D eigenvalue weighted by Gasteiger charge is 2.19. The van der Waals surface area contributed by atoms with Gasteiger partial charge < -0.3 is 9.84 Å². The van der Waals surface area contributed by atoms with E-state index >= 15 is 0 Å². The van der Waals surface area contributed by atoms with Crippen molar-refractivity contribution in [1.29, 1.82) is 0 Å². The lowest BCUT2D eigenvalue weighted by Crippen LogP contribution is -2.10. The van der Waals surface area contributed by atoms with Crippen LogP contribution in [-0.2, 0) is 19.4 Å². The number of hydrogen-bond donors (Lipinski definition) is 1. The summed E-state index contributed by atoms with van der Waals surface area (Å²) < 4.78 is 6.92. The number of ether oxygens (including phenoxy) is 1. The number of hydrogen-bond acceptors (Lipinski definition) is 4. The minimum absolute atomic E-state index is 0.375. The van der Waals surface area contributed by atoms with Crippen LogP contribution in [-0.4, -0.2) is 27.0 Å². The SMILES string of the molecule is CCc1nn(CC)c(CC(O)c2cccc(OC)n2)c1Cl. The smallest absolute Gasteiger partial charge is 0.213 e. The molecule has 1 unspecified atom stereocenters. The molecule has 0 radical (unpaired) electrons. The molecule has 0 aliphatic rings. The van der Waals surface area contributed by atoms with E-state index in [2.05, 4.69) is 10.1 Å². The average Bonchev–Trinajstić information content (AvgIpc) is 2.83. The summed E-state index contributed by atoms with van der Waals surface area (Å²) >= 11 is 6.36. The van der Waals surface area contributed by atoms with E-state index in [1.54, 1.807) is 25.3 Å². The van der Waals surface area contributed by atoms with E-state index in [4.69, 9.17) is 16.3 Å². The highest BCUT2D eigenvalue weighted by Crippen LogP contribution is 2.26. The Morgan fingerprint density at radius 2 is 2.14 bits per heavy atom. The minimum Gasteiger partial charge on any atom is -0.481 e. The van der Waals surface area contributed by atoms with Crippen molar-refractivity contribution in [3.05, 3.63) is 40.3 Å². The highest BCUT2D eigenvalue weighted by atomic mass is 35.5. The van der Waals surface area contributed by atoms with Gasteiger partial charge in [0.05, 0.1) is 29.2 Å². The Morgan fingerprint density at radius 3 is 2.76 bits per heavy atom. The number of aliphatic hydroxyl groups is 1. The van der Waals surface area contributed by atoms with Crippen LogP contribution in [0.5, 0.6) is 5.88 Å². The van der Waals surface area contributed by atoms with Gasteiger partial charge in [0.25, 0.3) is 0 Å². The molecule has 0 spiro atoms. The third kappa shape index (κ3) is 3.36. The monoisotopic (exact) mass is 309 g/mol. The van der Waals surface area contributed by atoms with Crippen LogP contribution in [0, 0.1) is 0 Å². The predicted molar refractivity (Wildman–Crippen MR) is 81.7 cm³/mol.